The van der Waals surface area contributed by atoms with Gasteiger partial charge in [-0.3, -0.25) is 0 Å². The molecule has 1 heterocycles. The van der Waals surface area contributed by atoms with Gasteiger partial charge in [-0.25, -0.2) is 9.97 Å². The highest BCUT2D eigenvalue weighted by Crippen LogP contribution is 2.17. The SMILES string of the molecule is CCCNc1nc(CCC(C)C)nc(CC)c1C. The Bertz CT molecular complexity index is 372. The molecule has 0 unspecified atom stereocenters. The second kappa shape index (κ2) is 7.34. The maximum atomic E-state index is 4.68. The summed E-state index contributed by atoms with van der Waals surface area (Å²) >= 11 is 0. The maximum absolute atomic E-state index is 4.68. The summed E-state index contributed by atoms with van der Waals surface area (Å²) < 4.78 is 0. The van der Waals surface area contributed by atoms with Gasteiger partial charge in [0.15, 0.2) is 0 Å². The van der Waals surface area contributed by atoms with Crippen molar-refractivity contribution in [3.63, 3.8) is 0 Å². The molecule has 0 spiro atoms. The van der Waals surface area contributed by atoms with Crippen molar-refractivity contribution in [2.75, 3.05) is 11.9 Å². The zero-order valence-corrected chi connectivity index (χ0v) is 12.5. The molecule has 0 aliphatic heterocycles. The van der Waals surface area contributed by atoms with E-state index in [1.807, 2.05) is 0 Å². The lowest BCUT2D eigenvalue weighted by molar-refractivity contribution is 0.573. The van der Waals surface area contributed by atoms with E-state index in [4.69, 9.17) is 0 Å². The van der Waals surface area contributed by atoms with Gasteiger partial charge in [0, 0.05) is 24.2 Å². The van der Waals surface area contributed by atoms with E-state index in [9.17, 15) is 0 Å². The van der Waals surface area contributed by atoms with Gasteiger partial charge in [-0.05, 0) is 32.1 Å². The van der Waals surface area contributed by atoms with Crippen LogP contribution in [0.2, 0.25) is 0 Å². The van der Waals surface area contributed by atoms with Gasteiger partial charge >= 0.3 is 0 Å². The number of rotatable bonds is 7. The van der Waals surface area contributed by atoms with Crippen LogP contribution in [0.15, 0.2) is 0 Å². The van der Waals surface area contributed by atoms with Crippen molar-refractivity contribution < 1.29 is 0 Å². The van der Waals surface area contributed by atoms with Crippen molar-refractivity contribution in [1.82, 2.24) is 9.97 Å². The fourth-order valence-electron chi connectivity index (χ4n) is 1.90. The second-order valence-electron chi connectivity index (χ2n) is 5.27. The van der Waals surface area contributed by atoms with Crippen LogP contribution in [-0.4, -0.2) is 16.5 Å². The third-order valence-corrected chi connectivity index (χ3v) is 3.12. The third-order valence-electron chi connectivity index (χ3n) is 3.12. The summed E-state index contributed by atoms with van der Waals surface area (Å²) in [6.45, 7) is 11.9. The number of nitrogens with zero attached hydrogens (tertiary/aromatic N) is 2. The zero-order valence-electron chi connectivity index (χ0n) is 12.5. The Balaban J connectivity index is 2.90. The topological polar surface area (TPSA) is 37.8 Å². The molecular formula is C15H27N3. The Hall–Kier alpha value is -1.12. The minimum absolute atomic E-state index is 0.701. The van der Waals surface area contributed by atoms with E-state index in [0.29, 0.717) is 5.92 Å². The molecule has 0 bridgehead atoms. The van der Waals surface area contributed by atoms with E-state index in [1.54, 1.807) is 0 Å². The smallest absolute Gasteiger partial charge is 0.132 e. The number of aryl methyl sites for hydroxylation is 2. The summed E-state index contributed by atoms with van der Waals surface area (Å²) in [5.74, 6) is 2.72. The summed E-state index contributed by atoms with van der Waals surface area (Å²) in [5, 5.41) is 3.41. The fraction of sp³-hybridized carbons (Fsp3) is 0.733. The standard InChI is InChI=1S/C15H27N3/c1-6-10-16-15-12(5)13(7-2)17-14(18-15)9-8-11(3)4/h11H,6-10H2,1-5H3,(H,16,17,18). The van der Waals surface area contributed by atoms with Gasteiger partial charge in [-0.2, -0.15) is 0 Å². The molecular weight excluding hydrogens is 222 g/mol. The highest BCUT2D eigenvalue weighted by atomic mass is 15.0. The molecule has 1 N–H and O–H groups in total. The lowest BCUT2D eigenvalue weighted by Gasteiger charge is -2.13. The third kappa shape index (κ3) is 4.28. The first-order valence-electron chi connectivity index (χ1n) is 7.18. The molecule has 0 radical (unpaired) electrons. The highest BCUT2D eigenvalue weighted by molar-refractivity contribution is 5.45. The van der Waals surface area contributed by atoms with E-state index in [2.05, 4.69) is 49.9 Å². The summed E-state index contributed by atoms with van der Waals surface area (Å²) in [6, 6.07) is 0. The van der Waals surface area contributed by atoms with Gasteiger partial charge in [0.05, 0.1) is 0 Å². The molecule has 1 aromatic rings. The van der Waals surface area contributed by atoms with Crippen LogP contribution in [0.5, 0.6) is 0 Å². The largest absolute Gasteiger partial charge is 0.370 e. The van der Waals surface area contributed by atoms with E-state index in [1.165, 1.54) is 11.3 Å². The summed E-state index contributed by atoms with van der Waals surface area (Å²) in [4.78, 5) is 9.35. The summed E-state index contributed by atoms with van der Waals surface area (Å²) in [7, 11) is 0. The van der Waals surface area contributed by atoms with E-state index in [0.717, 1.165) is 43.9 Å². The Morgan fingerprint density at radius 2 is 1.89 bits per heavy atom. The number of anilines is 1. The van der Waals surface area contributed by atoms with E-state index >= 15 is 0 Å². The average Bonchev–Trinajstić information content (AvgIpc) is 2.35. The van der Waals surface area contributed by atoms with E-state index < -0.39 is 0 Å². The molecule has 0 aromatic carbocycles. The number of hydrogen-bond donors (Lipinski definition) is 1. The van der Waals surface area contributed by atoms with Crippen LogP contribution in [0.1, 0.15) is 57.6 Å². The van der Waals surface area contributed by atoms with Crippen molar-refractivity contribution in [3.05, 3.63) is 17.1 Å². The predicted octanol–water partition coefficient (Wildman–Crippen LogP) is 3.76. The van der Waals surface area contributed by atoms with Crippen molar-refractivity contribution in [2.24, 2.45) is 5.92 Å². The van der Waals surface area contributed by atoms with Crippen LogP contribution in [0.3, 0.4) is 0 Å². The Morgan fingerprint density at radius 1 is 1.17 bits per heavy atom. The van der Waals surface area contributed by atoms with Crippen molar-refractivity contribution in [2.45, 2.75) is 60.3 Å². The maximum Gasteiger partial charge on any atom is 0.132 e. The van der Waals surface area contributed by atoms with Crippen LogP contribution < -0.4 is 5.32 Å². The lowest BCUT2D eigenvalue weighted by Crippen LogP contribution is -2.10. The monoisotopic (exact) mass is 249 g/mol. The van der Waals surface area contributed by atoms with Gasteiger partial charge in [-0.15, -0.1) is 0 Å². The van der Waals surface area contributed by atoms with Gasteiger partial charge in [0.25, 0.3) is 0 Å². The van der Waals surface area contributed by atoms with Gasteiger partial charge < -0.3 is 5.32 Å². The first kappa shape index (κ1) is 14.9. The van der Waals surface area contributed by atoms with Crippen LogP contribution in [0.25, 0.3) is 0 Å². The molecule has 1 aromatic heterocycles. The minimum atomic E-state index is 0.701. The molecule has 3 heteroatoms. The molecule has 0 amide bonds. The molecule has 0 fully saturated rings. The molecule has 18 heavy (non-hydrogen) atoms. The van der Waals surface area contributed by atoms with Crippen LogP contribution in [0.4, 0.5) is 5.82 Å². The van der Waals surface area contributed by atoms with Crippen LogP contribution in [0, 0.1) is 12.8 Å². The highest BCUT2D eigenvalue weighted by Gasteiger charge is 2.09. The molecule has 3 nitrogen and oxygen atoms in total. The van der Waals surface area contributed by atoms with Crippen LogP contribution in [-0.2, 0) is 12.8 Å². The van der Waals surface area contributed by atoms with E-state index in [-0.39, 0.29) is 0 Å². The minimum Gasteiger partial charge on any atom is -0.370 e. The molecule has 0 atom stereocenters. The first-order chi connectivity index (χ1) is 8.58. The normalized spacial score (nSPS) is 11.0. The fourth-order valence-corrected chi connectivity index (χ4v) is 1.90. The summed E-state index contributed by atoms with van der Waals surface area (Å²) in [6.07, 6.45) is 4.22. The lowest BCUT2D eigenvalue weighted by atomic mass is 10.1. The quantitative estimate of drug-likeness (QED) is 0.799. The number of aromatic nitrogens is 2. The first-order valence-corrected chi connectivity index (χ1v) is 7.18. The molecule has 0 aliphatic rings. The van der Waals surface area contributed by atoms with Crippen molar-refractivity contribution in [1.29, 1.82) is 0 Å². The zero-order chi connectivity index (χ0) is 13.5. The molecule has 0 aliphatic carbocycles. The number of hydrogen-bond acceptors (Lipinski definition) is 3. The molecule has 1 rings (SSSR count). The molecule has 0 saturated carbocycles. The number of nitrogens with one attached hydrogen (secondary N) is 1. The van der Waals surface area contributed by atoms with Crippen LogP contribution >= 0.6 is 0 Å². The summed E-state index contributed by atoms with van der Waals surface area (Å²) in [5.41, 5.74) is 2.39. The van der Waals surface area contributed by atoms with Gasteiger partial charge in [-0.1, -0.05) is 27.7 Å². The Morgan fingerprint density at radius 3 is 2.44 bits per heavy atom. The molecule has 102 valence electrons. The average molecular weight is 249 g/mol. The van der Waals surface area contributed by atoms with Crippen molar-refractivity contribution in [3.8, 4) is 0 Å². The van der Waals surface area contributed by atoms with Crippen molar-refractivity contribution >= 4 is 5.82 Å². The molecule has 0 saturated heterocycles. The van der Waals surface area contributed by atoms with Gasteiger partial charge in [0.2, 0.25) is 0 Å². The predicted molar refractivity (Wildman–Crippen MR) is 78.1 cm³/mol. The van der Waals surface area contributed by atoms with Gasteiger partial charge in [0.1, 0.15) is 11.6 Å². The Kier molecular flexibility index (Phi) is 6.10. The Labute approximate surface area is 111 Å². The second-order valence-corrected chi connectivity index (χ2v) is 5.27.